The quantitative estimate of drug-likeness (QED) is 0.743. The molecule has 0 radical (unpaired) electrons. The molecule has 3 aromatic rings. The fourth-order valence-corrected chi connectivity index (χ4v) is 2.49. The predicted molar refractivity (Wildman–Crippen MR) is 94.4 cm³/mol. The summed E-state index contributed by atoms with van der Waals surface area (Å²) >= 11 is 0. The summed E-state index contributed by atoms with van der Waals surface area (Å²) in [7, 11) is 1.63. The zero-order chi connectivity index (χ0) is 17.6. The van der Waals surface area contributed by atoms with Gasteiger partial charge in [0.15, 0.2) is 5.82 Å². The molecule has 6 heteroatoms. The van der Waals surface area contributed by atoms with Crippen LogP contribution in [0, 0.1) is 6.92 Å². The highest BCUT2D eigenvalue weighted by Crippen LogP contribution is 2.21. The van der Waals surface area contributed by atoms with Crippen molar-refractivity contribution in [3.63, 3.8) is 0 Å². The molecular weight excluding hydrogens is 318 g/mol. The van der Waals surface area contributed by atoms with Crippen LogP contribution in [0.5, 0.6) is 5.75 Å². The molecule has 1 amide bonds. The van der Waals surface area contributed by atoms with Gasteiger partial charge in [-0.3, -0.25) is 4.79 Å². The lowest BCUT2D eigenvalue weighted by Gasteiger charge is -2.08. The molecule has 0 atom stereocenters. The van der Waals surface area contributed by atoms with Crippen molar-refractivity contribution in [3.05, 3.63) is 59.9 Å². The smallest absolute Gasteiger partial charge is 0.257 e. The van der Waals surface area contributed by atoms with E-state index in [1.807, 2.05) is 48.5 Å². The van der Waals surface area contributed by atoms with Gasteiger partial charge in [-0.1, -0.05) is 23.4 Å². The number of hydrogen-bond acceptors (Lipinski definition) is 5. The third-order valence-electron chi connectivity index (χ3n) is 3.76. The molecule has 0 unspecified atom stereocenters. The first-order chi connectivity index (χ1) is 12.2. The SMILES string of the molecule is COc1ccccc1CCC(=O)Nc1ccc(-c2nc(C)no2)cc1. The Bertz CT molecular complexity index is 856. The van der Waals surface area contributed by atoms with E-state index < -0.39 is 0 Å². The number of amides is 1. The Labute approximate surface area is 145 Å². The molecule has 0 spiro atoms. The number of benzene rings is 2. The van der Waals surface area contributed by atoms with E-state index in [-0.39, 0.29) is 5.91 Å². The molecule has 0 fully saturated rings. The van der Waals surface area contributed by atoms with Gasteiger partial charge < -0.3 is 14.6 Å². The lowest BCUT2D eigenvalue weighted by atomic mass is 10.1. The molecule has 6 nitrogen and oxygen atoms in total. The lowest BCUT2D eigenvalue weighted by molar-refractivity contribution is -0.116. The largest absolute Gasteiger partial charge is 0.496 e. The van der Waals surface area contributed by atoms with Crippen molar-refractivity contribution in [2.45, 2.75) is 19.8 Å². The number of nitrogens with zero attached hydrogens (tertiary/aromatic N) is 2. The number of anilines is 1. The Morgan fingerprint density at radius 3 is 2.60 bits per heavy atom. The molecule has 1 aromatic heterocycles. The van der Waals surface area contributed by atoms with E-state index in [9.17, 15) is 4.79 Å². The third kappa shape index (κ3) is 4.23. The zero-order valence-electron chi connectivity index (χ0n) is 14.2. The molecule has 0 aliphatic heterocycles. The number of aromatic nitrogens is 2. The molecular formula is C19H19N3O3. The second-order valence-corrected chi connectivity index (χ2v) is 5.58. The summed E-state index contributed by atoms with van der Waals surface area (Å²) in [6.07, 6.45) is 1.00. The topological polar surface area (TPSA) is 77.2 Å². The van der Waals surface area contributed by atoms with Crippen molar-refractivity contribution in [1.82, 2.24) is 10.1 Å². The monoisotopic (exact) mass is 337 g/mol. The van der Waals surface area contributed by atoms with Crippen LogP contribution in [-0.4, -0.2) is 23.2 Å². The van der Waals surface area contributed by atoms with E-state index in [1.54, 1.807) is 14.0 Å². The molecule has 1 heterocycles. The molecule has 2 aromatic carbocycles. The Morgan fingerprint density at radius 2 is 1.92 bits per heavy atom. The van der Waals surface area contributed by atoms with Gasteiger partial charge in [0.2, 0.25) is 5.91 Å². The highest BCUT2D eigenvalue weighted by molar-refractivity contribution is 5.91. The van der Waals surface area contributed by atoms with Gasteiger partial charge in [0.05, 0.1) is 7.11 Å². The fraction of sp³-hybridized carbons (Fsp3) is 0.211. The molecule has 3 rings (SSSR count). The summed E-state index contributed by atoms with van der Waals surface area (Å²) in [6.45, 7) is 1.77. The Kier molecular flexibility index (Phi) is 5.09. The maximum atomic E-state index is 12.2. The van der Waals surface area contributed by atoms with Gasteiger partial charge in [0, 0.05) is 17.7 Å². The van der Waals surface area contributed by atoms with Crippen LogP contribution < -0.4 is 10.1 Å². The van der Waals surface area contributed by atoms with Gasteiger partial charge >= 0.3 is 0 Å². The zero-order valence-corrected chi connectivity index (χ0v) is 14.2. The van der Waals surface area contributed by atoms with E-state index >= 15 is 0 Å². The highest BCUT2D eigenvalue weighted by Gasteiger charge is 2.09. The number of carbonyl (C=O) groups is 1. The second-order valence-electron chi connectivity index (χ2n) is 5.58. The van der Waals surface area contributed by atoms with Crippen molar-refractivity contribution in [2.75, 3.05) is 12.4 Å². The minimum absolute atomic E-state index is 0.0488. The van der Waals surface area contributed by atoms with Gasteiger partial charge in [-0.25, -0.2) is 0 Å². The van der Waals surface area contributed by atoms with Crippen LogP contribution in [0.3, 0.4) is 0 Å². The summed E-state index contributed by atoms with van der Waals surface area (Å²) in [5, 5.41) is 6.65. The summed E-state index contributed by atoms with van der Waals surface area (Å²) < 4.78 is 10.4. The van der Waals surface area contributed by atoms with Crippen molar-refractivity contribution < 1.29 is 14.1 Å². The summed E-state index contributed by atoms with van der Waals surface area (Å²) in [4.78, 5) is 16.3. The molecule has 0 aliphatic carbocycles. The second kappa shape index (κ2) is 7.61. The highest BCUT2D eigenvalue weighted by atomic mass is 16.5. The third-order valence-corrected chi connectivity index (χ3v) is 3.76. The number of para-hydroxylation sites is 1. The number of hydrogen-bond donors (Lipinski definition) is 1. The number of nitrogens with one attached hydrogen (secondary N) is 1. The first kappa shape index (κ1) is 16.7. The van der Waals surface area contributed by atoms with Crippen molar-refractivity contribution in [2.24, 2.45) is 0 Å². The molecule has 0 bridgehead atoms. The Morgan fingerprint density at radius 1 is 1.16 bits per heavy atom. The van der Waals surface area contributed by atoms with Crippen LogP contribution >= 0.6 is 0 Å². The van der Waals surface area contributed by atoms with E-state index in [0.29, 0.717) is 24.6 Å². The minimum atomic E-state index is -0.0488. The molecule has 0 aliphatic rings. The predicted octanol–water partition coefficient (Wildman–Crippen LogP) is 3.62. The Hall–Kier alpha value is -3.15. The fourth-order valence-electron chi connectivity index (χ4n) is 2.49. The van der Waals surface area contributed by atoms with Crippen LogP contribution in [0.1, 0.15) is 17.8 Å². The first-order valence-corrected chi connectivity index (χ1v) is 7.98. The van der Waals surface area contributed by atoms with Crippen LogP contribution in [-0.2, 0) is 11.2 Å². The van der Waals surface area contributed by atoms with Gasteiger partial charge in [0.25, 0.3) is 5.89 Å². The van der Waals surface area contributed by atoms with Crippen LogP contribution in [0.2, 0.25) is 0 Å². The van der Waals surface area contributed by atoms with Crippen molar-refractivity contribution in [1.29, 1.82) is 0 Å². The van der Waals surface area contributed by atoms with E-state index in [0.717, 1.165) is 22.6 Å². The van der Waals surface area contributed by atoms with Gasteiger partial charge in [-0.2, -0.15) is 4.98 Å². The summed E-state index contributed by atoms with van der Waals surface area (Å²) in [6, 6.07) is 15.0. The number of methoxy groups -OCH3 is 1. The number of ether oxygens (including phenoxy) is 1. The Balaban J connectivity index is 1.57. The van der Waals surface area contributed by atoms with E-state index in [1.165, 1.54) is 0 Å². The minimum Gasteiger partial charge on any atom is -0.496 e. The van der Waals surface area contributed by atoms with Crippen LogP contribution in [0.4, 0.5) is 5.69 Å². The normalized spacial score (nSPS) is 10.5. The first-order valence-electron chi connectivity index (χ1n) is 7.98. The van der Waals surface area contributed by atoms with E-state index in [2.05, 4.69) is 15.5 Å². The average molecular weight is 337 g/mol. The summed E-state index contributed by atoms with van der Waals surface area (Å²) in [5.74, 6) is 1.80. The molecule has 1 N–H and O–H groups in total. The maximum absolute atomic E-state index is 12.2. The molecule has 0 saturated carbocycles. The maximum Gasteiger partial charge on any atom is 0.257 e. The summed E-state index contributed by atoms with van der Waals surface area (Å²) in [5.41, 5.74) is 2.56. The average Bonchev–Trinajstić information content (AvgIpc) is 3.07. The van der Waals surface area contributed by atoms with Crippen molar-refractivity contribution >= 4 is 11.6 Å². The van der Waals surface area contributed by atoms with Gasteiger partial charge in [0.1, 0.15) is 5.75 Å². The number of carbonyl (C=O) groups excluding carboxylic acids is 1. The van der Waals surface area contributed by atoms with Crippen LogP contribution in [0.15, 0.2) is 53.1 Å². The van der Waals surface area contributed by atoms with Crippen molar-refractivity contribution in [3.8, 4) is 17.2 Å². The number of rotatable bonds is 6. The standard InChI is InChI=1S/C19H19N3O3/c1-13-20-19(25-22-13)15-7-10-16(11-8-15)21-18(23)12-9-14-5-3-4-6-17(14)24-2/h3-8,10-11H,9,12H2,1-2H3,(H,21,23). The molecule has 128 valence electrons. The lowest BCUT2D eigenvalue weighted by Crippen LogP contribution is -2.12. The molecule has 25 heavy (non-hydrogen) atoms. The van der Waals surface area contributed by atoms with E-state index in [4.69, 9.17) is 9.26 Å². The van der Waals surface area contributed by atoms with Crippen LogP contribution in [0.25, 0.3) is 11.5 Å². The van der Waals surface area contributed by atoms with Gasteiger partial charge in [-0.05, 0) is 49.2 Å². The number of aryl methyl sites for hydroxylation is 2. The molecule has 0 saturated heterocycles. The van der Waals surface area contributed by atoms with Gasteiger partial charge in [-0.15, -0.1) is 0 Å².